The molecular weight excluding hydrogens is 262 g/mol. The van der Waals surface area contributed by atoms with Gasteiger partial charge in [-0.25, -0.2) is 0 Å². The van der Waals surface area contributed by atoms with Crippen LogP contribution in [0.25, 0.3) is 0 Å². The molecule has 1 unspecified atom stereocenters. The number of rotatable bonds is 6. The van der Waals surface area contributed by atoms with E-state index >= 15 is 0 Å². The zero-order chi connectivity index (χ0) is 15.2. The lowest BCUT2D eigenvalue weighted by Crippen LogP contribution is -2.20. The van der Waals surface area contributed by atoms with Gasteiger partial charge in [0, 0.05) is 24.5 Å². The van der Waals surface area contributed by atoms with E-state index in [2.05, 4.69) is 48.1 Å². The Morgan fingerprint density at radius 1 is 1.38 bits per heavy atom. The van der Waals surface area contributed by atoms with Crippen molar-refractivity contribution < 1.29 is 4.74 Å². The van der Waals surface area contributed by atoms with Crippen LogP contribution in [0.4, 0.5) is 0 Å². The monoisotopic (exact) mass is 283 g/mol. The molecule has 4 heteroatoms. The molecule has 0 aliphatic carbocycles. The lowest BCUT2D eigenvalue weighted by atomic mass is 10.1. The summed E-state index contributed by atoms with van der Waals surface area (Å²) < 4.78 is 7.48. The molecule has 2 rings (SSSR count). The SMILES string of the molecule is CCNC(C)c1cccn1Cc1ccc(C#N)c(OC)c1. The van der Waals surface area contributed by atoms with Gasteiger partial charge in [-0.3, -0.25) is 0 Å². The summed E-state index contributed by atoms with van der Waals surface area (Å²) in [5.74, 6) is 0.628. The third-order valence-corrected chi connectivity index (χ3v) is 3.56. The molecule has 1 aromatic heterocycles. The maximum atomic E-state index is 9.03. The lowest BCUT2D eigenvalue weighted by Gasteiger charge is -2.17. The highest BCUT2D eigenvalue weighted by molar-refractivity contribution is 5.45. The molecule has 0 saturated carbocycles. The molecule has 21 heavy (non-hydrogen) atoms. The summed E-state index contributed by atoms with van der Waals surface area (Å²) in [6.45, 7) is 5.97. The summed E-state index contributed by atoms with van der Waals surface area (Å²) in [5, 5.41) is 12.5. The summed E-state index contributed by atoms with van der Waals surface area (Å²) in [6.07, 6.45) is 2.08. The van der Waals surface area contributed by atoms with Crippen LogP contribution in [0.5, 0.6) is 5.75 Å². The van der Waals surface area contributed by atoms with Crippen molar-refractivity contribution in [2.24, 2.45) is 0 Å². The van der Waals surface area contributed by atoms with E-state index in [1.165, 1.54) is 5.69 Å². The van der Waals surface area contributed by atoms with Crippen molar-refractivity contribution in [3.05, 3.63) is 53.3 Å². The fraction of sp³-hybridized carbons (Fsp3) is 0.353. The minimum atomic E-state index is 0.310. The van der Waals surface area contributed by atoms with Gasteiger partial charge in [0.2, 0.25) is 0 Å². The van der Waals surface area contributed by atoms with Crippen LogP contribution in [-0.2, 0) is 6.54 Å². The van der Waals surface area contributed by atoms with Gasteiger partial charge in [-0.15, -0.1) is 0 Å². The molecule has 4 nitrogen and oxygen atoms in total. The average molecular weight is 283 g/mol. The van der Waals surface area contributed by atoms with Crippen molar-refractivity contribution in [2.75, 3.05) is 13.7 Å². The fourth-order valence-electron chi connectivity index (χ4n) is 2.50. The summed E-state index contributed by atoms with van der Waals surface area (Å²) in [4.78, 5) is 0. The Labute approximate surface area is 126 Å². The van der Waals surface area contributed by atoms with Gasteiger partial charge in [-0.1, -0.05) is 13.0 Å². The number of aromatic nitrogens is 1. The molecule has 110 valence electrons. The van der Waals surface area contributed by atoms with Crippen LogP contribution >= 0.6 is 0 Å². The Morgan fingerprint density at radius 2 is 2.19 bits per heavy atom. The predicted octanol–water partition coefficient (Wildman–Crippen LogP) is 3.09. The number of benzene rings is 1. The van der Waals surface area contributed by atoms with E-state index in [1.807, 2.05) is 18.2 Å². The van der Waals surface area contributed by atoms with E-state index in [0.717, 1.165) is 18.7 Å². The normalized spacial score (nSPS) is 11.9. The smallest absolute Gasteiger partial charge is 0.136 e. The Hall–Kier alpha value is -2.25. The van der Waals surface area contributed by atoms with E-state index < -0.39 is 0 Å². The van der Waals surface area contributed by atoms with Gasteiger partial charge >= 0.3 is 0 Å². The molecule has 0 spiro atoms. The fourth-order valence-corrected chi connectivity index (χ4v) is 2.50. The van der Waals surface area contributed by atoms with Crippen molar-refractivity contribution in [3.63, 3.8) is 0 Å². The van der Waals surface area contributed by atoms with Crippen molar-refractivity contribution in [1.29, 1.82) is 5.26 Å². The molecule has 0 amide bonds. The van der Waals surface area contributed by atoms with Crippen molar-refractivity contribution in [2.45, 2.75) is 26.4 Å². The number of nitriles is 1. The quantitative estimate of drug-likeness (QED) is 0.886. The van der Waals surface area contributed by atoms with E-state index in [-0.39, 0.29) is 0 Å². The molecular formula is C17H21N3O. The second-order valence-electron chi connectivity index (χ2n) is 4.99. The van der Waals surface area contributed by atoms with Crippen LogP contribution in [0, 0.1) is 11.3 Å². The van der Waals surface area contributed by atoms with Gasteiger partial charge in [0.1, 0.15) is 11.8 Å². The first-order chi connectivity index (χ1) is 10.2. The molecule has 0 aliphatic rings. The van der Waals surface area contributed by atoms with Gasteiger partial charge in [-0.2, -0.15) is 5.26 Å². The summed E-state index contributed by atoms with van der Waals surface area (Å²) in [5.41, 5.74) is 2.93. The number of hydrogen-bond donors (Lipinski definition) is 1. The van der Waals surface area contributed by atoms with E-state index in [9.17, 15) is 0 Å². The topological polar surface area (TPSA) is 50.0 Å². The first-order valence-electron chi connectivity index (χ1n) is 7.15. The largest absolute Gasteiger partial charge is 0.495 e. The molecule has 0 saturated heterocycles. The lowest BCUT2D eigenvalue weighted by molar-refractivity contribution is 0.412. The van der Waals surface area contributed by atoms with Crippen LogP contribution in [0.1, 0.15) is 36.7 Å². The van der Waals surface area contributed by atoms with Gasteiger partial charge in [0.05, 0.1) is 12.7 Å². The highest BCUT2D eigenvalue weighted by atomic mass is 16.5. The van der Waals surface area contributed by atoms with Gasteiger partial charge in [-0.05, 0) is 43.3 Å². The molecule has 0 bridgehead atoms. The first-order valence-corrected chi connectivity index (χ1v) is 7.15. The maximum Gasteiger partial charge on any atom is 0.136 e. The van der Waals surface area contributed by atoms with Gasteiger partial charge < -0.3 is 14.6 Å². The highest BCUT2D eigenvalue weighted by Gasteiger charge is 2.10. The molecule has 2 aromatic rings. The number of ether oxygens (including phenoxy) is 1. The molecule has 1 N–H and O–H groups in total. The van der Waals surface area contributed by atoms with Gasteiger partial charge in [0.15, 0.2) is 0 Å². The van der Waals surface area contributed by atoms with Crippen LogP contribution in [0.15, 0.2) is 36.5 Å². The number of nitrogens with zero attached hydrogens (tertiary/aromatic N) is 2. The van der Waals surface area contributed by atoms with Crippen LogP contribution in [-0.4, -0.2) is 18.2 Å². The second kappa shape index (κ2) is 6.96. The number of hydrogen-bond acceptors (Lipinski definition) is 3. The Balaban J connectivity index is 2.23. The van der Waals surface area contributed by atoms with E-state index in [0.29, 0.717) is 17.4 Å². The van der Waals surface area contributed by atoms with Crippen LogP contribution in [0.2, 0.25) is 0 Å². The molecule has 1 heterocycles. The molecule has 1 atom stereocenters. The van der Waals surface area contributed by atoms with Crippen molar-refractivity contribution in [3.8, 4) is 11.8 Å². The molecule has 1 aromatic carbocycles. The average Bonchev–Trinajstić information content (AvgIpc) is 2.95. The second-order valence-corrected chi connectivity index (χ2v) is 4.99. The van der Waals surface area contributed by atoms with Gasteiger partial charge in [0.25, 0.3) is 0 Å². The van der Waals surface area contributed by atoms with E-state index in [1.54, 1.807) is 7.11 Å². The Morgan fingerprint density at radius 3 is 2.86 bits per heavy atom. The molecule has 0 aliphatic heterocycles. The van der Waals surface area contributed by atoms with E-state index in [4.69, 9.17) is 10.00 Å². The third-order valence-electron chi connectivity index (χ3n) is 3.56. The highest BCUT2D eigenvalue weighted by Crippen LogP contribution is 2.21. The minimum Gasteiger partial charge on any atom is -0.495 e. The number of nitrogens with one attached hydrogen (secondary N) is 1. The first kappa shape index (κ1) is 15.1. The zero-order valence-electron chi connectivity index (χ0n) is 12.8. The van der Waals surface area contributed by atoms with Crippen LogP contribution < -0.4 is 10.1 Å². The number of methoxy groups -OCH3 is 1. The zero-order valence-corrected chi connectivity index (χ0v) is 12.8. The minimum absolute atomic E-state index is 0.310. The summed E-state index contributed by atoms with van der Waals surface area (Å²) >= 11 is 0. The predicted molar refractivity (Wildman–Crippen MR) is 83.3 cm³/mol. The summed E-state index contributed by atoms with van der Waals surface area (Å²) in [6, 6.07) is 12.4. The Kier molecular flexibility index (Phi) is 5.02. The Bertz CT molecular complexity index is 640. The van der Waals surface area contributed by atoms with Crippen molar-refractivity contribution in [1.82, 2.24) is 9.88 Å². The standard InChI is InChI=1S/C17H21N3O/c1-4-19-13(2)16-6-5-9-20(16)12-14-7-8-15(11-18)17(10-14)21-3/h5-10,13,19H,4,12H2,1-3H3. The third kappa shape index (κ3) is 3.45. The summed E-state index contributed by atoms with van der Waals surface area (Å²) in [7, 11) is 1.59. The van der Waals surface area contributed by atoms with Crippen LogP contribution in [0.3, 0.4) is 0 Å². The molecule has 0 fully saturated rings. The van der Waals surface area contributed by atoms with Crippen molar-refractivity contribution >= 4 is 0 Å². The molecule has 0 radical (unpaired) electrons. The maximum absolute atomic E-state index is 9.03.